The monoisotopic (exact) mass is 427 g/mol. The lowest BCUT2D eigenvalue weighted by molar-refractivity contribution is -0.147. The van der Waals surface area contributed by atoms with Crippen LogP contribution in [0.5, 0.6) is 0 Å². The largest absolute Gasteiger partial charge is 0.445 e. The first kappa shape index (κ1) is 21.3. The smallest absolute Gasteiger partial charge is 0.410 e. The van der Waals surface area contributed by atoms with Gasteiger partial charge in [-0.2, -0.15) is 0 Å². The van der Waals surface area contributed by atoms with Crippen LogP contribution in [-0.2, 0) is 20.9 Å². The number of urea groups is 1. The second-order valence-corrected chi connectivity index (χ2v) is 8.64. The molecule has 3 fully saturated rings. The predicted octanol–water partition coefficient (Wildman–Crippen LogP) is 3.06. The van der Waals surface area contributed by atoms with E-state index in [0.717, 1.165) is 37.7 Å². The molecule has 1 aromatic carbocycles. The van der Waals surface area contributed by atoms with Crippen LogP contribution in [0.1, 0.15) is 50.5 Å². The van der Waals surface area contributed by atoms with E-state index in [0.29, 0.717) is 25.9 Å². The number of amides is 5. The summed E-state index contributed by atoms with van der Waals surface area (Å²) >= 11 is 0. The van der Waals surface area contributed by atoms with Gasteiger partial charge in [0.1, 0.15) is 12.5 Å². The van der Waals surface area contributed by atoms with Crippen LogP contribution in [0, 0.1) is 11.8 Å². The van der Waals surface area contributed by atoms with Crippen LogP contribution in [-0.4, -0.2) is 52.9 Å². The Bertz CT molecular complexity index is 829. The Morgan fingerprint density at radius 3 is 2.32 bits per heavy atom. The van der Waals surface area contributed by atoms with Gasteiger partial charge in [0.25, 0.3) is 0 Å². The normalized spacial score (nSPS) is 23.6. The molecule has 0 aromatic heterocycles. The highest BCUT2D eigenvalue weighted by Crippen LogP contribution is 2.32. The summed E-state index contributed by atoms with van der Waals surface area (Å²) in [6.07, 6.45) is 5.35. The number of nitrogens with one attached hydrogen (secondary N) is 1. The average Bonchev–Trinajstić information content (AvgIpc) is 2.79. The van der Waals surface area contributed by atoms with E-state index in [9.17, 15) is 19.2 Å². The first-order valence-electron chi connectivity index (χ1n) is 11.2. The molecule has 3 aliphatic rings. The molecule has 2 saturated heterocycles. The summed E-state index contributed by atoms with van der Waals surface area (Å²) in [5.74, 6) is -1.93. The van der Waals surface area contributed by atoms with Gasteiger partial charge in [0, 0.05) is 19.1 Å². The Labute approximate surface area is 181 Å². The summed E-state index contributed by atoms with van der Waals surface area (Å²) in [6.45, 7) is 1.06. The van der Waals surface area contributed by atoms with Crippen molar-refractivity contribution in [2.24, 2.45) is 11.8 Å². The Morgan fingerprint density at radius 1 is 0.968 bits per heavy atom. The maximum absolute atomic E-state index is 13.2. The van der Waals surface area contributed by atoms with Crippen molar-refractivity contribution in [3.63, 3.8) is 0 Å². The first-order chi connectivity index (χ1) is 15.0. The molecule has 8 heteroatoms. The molecule has 8 nitrogen and oxygen atoms in total. The van der Waals surface area contributed by atoms with E-state index >= 15 is 0 Å². The Hall–Kier alpha value is -2.90. The molecule has 1 N–H and O–H groups in total. The number of hydrogen-bond acceptors (Lipinski definition) is 5. The number of nitrogens with zero attached hydrogens (tertiary/aromatic N) is 2. The van der Waals surface area contributed by atoms with E-state index in [1.54, 1.807) is 4.90 Å². The van der Waals surface area contributed by atoms with Crippen molar-refractivity contribution >= 4 is 23.9 Å². The van der Waals surface area contributed by atoms with E-state index < -0.39 is 17.9 Å². The zero-order valence-corrected chi connectivity index (χ0v) is 17.6. The SMILES string of the molecule is O=C1NC(=O)N(C2CCCCC2)C(=O)C1C1CCN(C(=O)OCc2ccccc2)CC1. The van der Waals surface area contributed by atoms with E-state index in [2.05, 4.69) is 5.32 Å². The van der Waals surface area contributed by atoms with Crippen LogP contribution in [0.3, 0.4) is 0 Å². The van der Waals surface area contributed by atoms with Crippen molar-refractivity contribution < 1.29 is 23.9 Å². The fraction of sp³-hybridized carbons (Fsp3) is 0.565. The van der Waals surface area contributed by atoms with E-state index in [4.69, 9.17) is 4.74 Å². The van der Waals surface area contributed by atoms with Crippen molar-refractivity contribution in [1.29, 1.82) is 0 Å². The predicted molar refractivity (Wildman–Crippen MR) is 112 cm³/mol. The Balaban J connectivity index is 1.33. The lowest BCUT2D eigenvalue weighted by Crippen LogP contribution is -2.63. The van der Waals surface area contributed by atoms with Gasteiger partial charge in [0.05, 0.1) is 0 Å². The number of benzene rings is 1. The second-order valence-electron chi connectivity index (χ2n) is 8.64. The summed E-state index contributed by atoms with van der Waals surface area (Å²) in [6, 6.07) is 8.77. The summed E-state index contributed by atoms with van der Waals surface area (Å²) in [7, 11) is 0. The lowest BCUT2D eigenvalue weighted by Gasteiger charge is -2.41. The molecule has 5 amide bonds. The van der Waals surface area contributed by atoms with Crippen molar-refractivity contribution in [3.8, 4) is 0 Å². The molecule has 2 aliphatic heterocycles. The molecule has 1 unspecified atom stereocenters. The molecule has 1 atom stereocenters. The fourth-order valence-corrected chi connectivity index (χ4v) is 4.93. The number of hydrogen-bond donors (Lipinski definition) is 1. The van der Waals surface area contributed by atoms with Gasteiger partial charge < -0.3 is 9.64 Å². The topological polar surface area (TPSA) is 96.0 Å². The van der Waals surface area contributed by atoms with Gasteiger partial charge in [-0.05, 0) is 37.2 Å². The van der Waals surface area contributed by atoms with Gasteiger partial charge in [0.2, 0.25) is 11.8 Å². The van der Waals surface area contributed by atoms with Crippen LogP contribution in [0.25, 0.3) is 0 Å². The van der Waals surface area contributed by atoms with Gasteiger partial charge >= 0.3 is 12.1 Å². The van der Waals surface area contributed by atoms with Crippen molar-refractivity contribution in [1.82, 2.24) is 15.1 Å². The minimum Gasteiger partial charge on any atom is -0.445 e. The average molecular weight is 428 g/mol. The van der Waals surface area contributed by atoms with Crippen LogP contribution in [0.4, 0.5) is 9.59 Å². The highest BCUT2D eigenvalue weighted by Gasteiger charge is 2.47. The molecule has 31 heavy (non-hydrogen) atoms. The van der Waals surface area contributed by atoms with E-state index in [1.807, 2.05) is 30.3 Å². The maximum Gasteiger partial charge on any atom is 0.410 e. The molecular formula is C23H29N3O5. The van der Waals surface area contributed by atoms with E-state index in [-0.39, 0.29) is 30.6 Å². The number of ether oxygens (including phenoxy) is 1. The number of carbonyl (C=O) groups excluding carboxylic acids is 4. The maximum atomic E-state index is 13.2. The highest BCUT2D eigenvalue weighted by atomic mass is 16.6. The third-order valence-electron chi connectivity index (χ3n) is 6.65. The molecular weight excluding hydrogens is 398 g/mol. The summed E-state index contributed by atoms with van der Waals surface area (Å²) in [4.78, 5) is 53.4. The molecule has 1 aliphatic carbocycles. The van der Waals surface area contributed by atoms with Gasteiger partial charge in [-0.25, -0.2) is 9.59 Å². The summed E-state index contributed by atoms with van der Waals surface area (Å²) in [5.41, 5.74) is 0.919. The zero-order valence-electron chi connectivity index (χ0n) is 17.6. The number of barbiturate groups is 1. The van der Waals surface area contributed by atoms with Gasteiger partial charge in [-0.15, -0.1) is 0 Å². The van der Waals surface area contributed by atoms with Crippen LogP contribution < -0.4 is 5.32 Å². The lowest BCUT2D eigenvalue weighted by atomic mass is 9.81. The minimum absolute atomic E-state index is 0.120. The number of piperidine rings is 1. The Morgan fingerprint density at radius 2 is 1.65 bits per heavy atom. The summed E-state index contributed by atoms with van der Waals surface area (Å²) < 4.78 is 5.39. The molecule has 4 rings (SSSR count). The molecule has 0 spiro atoms. The van der Waals surface area contributed by atoms with Crippen LogP contribution in [0.2, 0.25) is 0 Å². The third kappa shape index (κ3) is 4.73. The zero-order chi connectivity index (χ0) is 21.8. The van der Waals surface area contributed by atoms with Crippen LogP contribution >= 0.6 is 0 Å². The number of carbonyl (C=O) groups is 4. The number of imide groups is 2. The first-order valence-corrected chi connectivity index (χ1v) is 11.2. The Kier molecular flexibility index (Phi) is 6.53. The standard InChI is InChI=1S/C23H29N3O5/c27-20-19(21(28)26(22(29)24-20)18-9-5-2-6-10-18)17-11-13-25(14-12-17)23(30)31-15-16-7-3-1-4-8-16/h1,3-4,7-8,17-19H,2,5-6,9-15H2,(H,24,27,29). The van der Waals surface area contributed by atoms with Crippen molar-refractivity contribution in [2.45, 2.75) is 57.6 Å². The molecule has 0 bridgehead atoms. The third-order valence-corrected chi connectivity index (χ3v) is 6.65. The minimum atomic E-state index is -0.859. The number of likely N-dealkylation sites (tertiary alicyclic amines) is 1. The molecule has 0 radical (unpaired) electrons. The van der Waals surface area contributed by atoms with Crippen molar-refractivity contribution in [3.05, 3.63) is 35.9 Å². The second kappa shape index (κ2) is 9.49. The molecule has 166 valence electrons. The highest BCUT2D eigenvalue weighted by molar-refractivity contribution is 6.16. The van der Waals surface area contributed by atoms with Crippen LogP contribution in [0.15, 0.2) is 30.3 Å². The van der Waals surface area contributed by atoms with Crippen molar-refractivity contribution in [2.75, 3.05) is 13.1 Å². The molecule has 2 heterocycles. The summed E-state index contributed by atoms with van der Waals surface area (Å²) in [5, 5.41) is 2.40. The van der Waals surface area contributed by atoms with E-state index in [1.165, 1.54) is 4.90 Å². The molecule has 1 aromatic rings. The quantitative estimate of drug-likeness (QED) is 0.745. The fourth-order valence-electron chi connectivity index (χ4n) is 4.93. The van der Waals surface area contributed by atoms with Gasteiger partial charge in [-0.3, -0.25) is 19.8 Å². The number of rotatable bonds is 4. The van der Waals surface area contributed by atoms with Gasteiger partial charge in [-0.1, -0.05) is 49.6 Å². The van der Waals surface area contributed by atoms with Gasteiger partial charge in [0.15, 0.2) is 0 Å². The molecule has 1 saturated carbocycles.